The van der Waals surface area contributed by atoms with Crippen molar-refractivity contribution in [1.82, 2.24) is 5.32 Å². The van der Waals surface area contributed by atoms with Crippen LogP contribution in [0.1, 0.15) is 56.3 Å². The van der Waals surface area contributed by atoms with Crippen LogP contribution in [0, 0.1) is 0 Å². The fourth-order valence-electron chi connectivity index (χ4n) is 2.16. The van der Waals surface area contributed by atoms with Gasteiger partial charge in [-0.15, -0.1) is 0 Å². The van der Waals surface area contributed by atoms with E-state index in [1.807, 2.05) is 12.1 Å². The minimum absolute atomic E-state index is 0.0527. The lowest BCUT2D eigenvalue weighted by Crippen LogP contribution is -2.35. The van der Waals surface area contributed by atoms with E-state index in [4.69, 9.17) is 5.84 Å². The van der Waals surface area contributed by atoms with Crippen LogP contribution < -0.4 is 16.6 Å². The van der Waals surface area contributed by atoms with Crippen molar-refractivity contribution in [2.24, 2.45) is 5.84 Å². The van der Waals surface area contributed by atoms with Gasteiger partial charge >= 0.3 is 0 Å². The highest BCUT2D eigenvalue weighted by molar-refractivity contribution is 5.99. The zero-order chi connectivity index (χ0) is 14.1. The fraction of sp³-hybridized carbons (Fsp3) is 0.533. The number of nitrogens with two attached hydrogens (primary N) is 1. The molecule has 4 heteroatoms. The molecule has 4 nitrogen and oxygen atoms in total. The second-order valence-electron chi connectivity index (χ2n) is 4.79. The highest BCUT2D eigenvalue weighted by Gasteiger charge is 2.15. The molecule has 1 aromatic rings. The number of carbonyl (C=O) groups excluding carboxylic acids is 1. The molecule has 1 rings (SSSR count). The van der Waals surface area contributed by atoms with Crippen LogP contribution in [0.5, 0.6) is 0 Å². The Morgan fingerprint density at radius 1 is 1.21 bits per heavy atom. The van der Waals surface area contributed by atoms with Gasteiger partial charge in [-0.1, -0.05) is 45.2 Å². The zero-order valence-corrected chi connectivity index (χ0v) is 11.9. The van der Waals surface area contributed by atoms with E-state index in [9.17, 15) is 4.79 Å². The molecule has 0 spiro atoms. The van der Waals surface area contributed by atoms with E-state index >= 15 is 0 Å². The maximum atomic E-state index is 12.3. The third kappa shape index (κ3) is 4.91. The number of nitrogens with one attached hydrogen (secondary N) is 2. The number of unbranched alkanes of at least 4 members (excludes halogenated alkanes) is 1. The second kappa shape index (κ2) is 8.53. The first-order valence-corrected chi connectivity index (χ1v) is 7.09. The highest BCUT2D eigenvalue weighted by atomic mass is 16.1. The third-order valence-corrected chi connectivity index (χ3v) is 3.21. The number of rotatable bonds is 8. The molecule has 1 atom stereocenters. The first kappa shape index (κ1) is 15.5. The topological polar surface area (TPSA) is 67.2 Å². The summed E-state index contributed by atoms with van der Waals surface area (Å²) in [7, 11) is 0. The van der Waals surface area contributed by atoms with Crippen LogP contribution in [-0.4, -0.2) is 11.9 Å². The van der Waals surface area contributed by atoms with Gasteiger partial charge in [0.1, 0.15) is 0 Å². The predicted octanol–water partition coefficient (Wildman–Crippen LogP) is 3.06. The summed E-state index contributed by atoms with van der Waals surface area (Å²) in [5.74, 6) is 5.38. The van der Waals surface area contributed by atoms with Gasteiger partial charge < -0.3 is 10.7 Å². The molecule has 0 aliphatic carbocycles. The molecule has 19 heavy (non-hydrogen) atoms. The molecular formula is C15H25N3O. The van der Waals surface area contributed by atoms with Crippen molar-refractivity contribution in [3.8, 4) is 0 Å². The van der Waals surface area contributed by atoms with Crippen molar-refractivity contribution in [3.63, 3.8) is 0 Å². The molecule has 4 N–H and O–H groups in total. The number of hydrogen-bond acceptors (Lipinski definition) is 3. The fourth-order valence-corrected chi connectivity index (χ4v) is 2.16. The van der Waals surface area contributed by atoms with E-state index in [-0.39, 0.29) is 11.9 Å². The van der Waals surface area contributed by atoms with Crippen molar-refractivity contribution in [1.29, 1.82) is 0 Å². The second-order valence-corrected chi connectivity index (χ2v) is 4.79. The van der Waals surface area contributed by atoms with Gasteiger partial charge in [0.15, 0.2) is 0 Å². The SMILES string of the molecule is CCCCC(CCC)NC(=O)c1ccccc1NN. The maximum Gasteiger partial charge on any atom is 0.253 e. The van der Waals surface area contributed by atoms with Crippen molar-refractivity contribution in [2.75, 3.05) is 5.43 Å². The van der Waals surface area contributed by atoms with Crippen LogP contribution in [0.3, 0.4) is 0 Å². The molecule has 0 heterocycles. The largest absolute Gasteiger partial charge is 0.349 e. The summed E-state index contributed by atoms with van der Waals surface area (Å²) in [5.41, 5.74) is 3.82. The zero-order valence-electron chi connectivity index (χ0n) is 11.9. The van der Waals surface area contributed by atoms with Crippen LogP contribution >= 0.6 is 0 Å². The van der Waals surface area contributed by atoms with Crippen LogP contribution in [0.15, 0.2) is 24.3 Å². The first-order chi connectivity index (χ1) is 9.22. The van der Waals surface area contributed by atoms with Crippen molar-refractivity contribution in [3.05, 3.63) is 29.8 Å². The number of hydrazine groups is 1. The summed E-state index contributed by atoms with van der Waals surface area (Å²) in [6.45, 7) is 4.30. The molecule has 106 valence electrons. The molecule has 0 saturated heterocycles. The molecule has 0 aromatic heterocycles. The maximum absolute atomic E-state index is 12.3. The van der Waals surface area contributed by atoms with Gasteiger partial charge in [-0.2, -0.15) is 0 Å². The summed E-state index contributed by atoms with van der Waals surface area (Å²) < 4.78 is 0. The number of para-hydroxylation sites is 1. The number of anilines is 1. The smallest absolute Gasteiger partial charge is 0.253 e. The Bertz CT molecular complexity index is 393. The van der Waals surface area contributed by atoms with E-state index in [0.29, 0.717) is 11.3 Å². The Kier molecular flexibility index (Phi) is 6.97. The molecule has 1 aromatic carbocycles. The van der Waals surface area contributed by atoms with Gasteiger partial charge in [0, 0.05) is 6.04 Å². The molecule has 0 radical (unpaired) electrons. The van der Waals surface area contributed by atoms with Crippen LogP contribution in [0.25, 0.3) is 0 Å². The molecule has 0 aliphatic rings. The monoisotopic (exact) mass is 263 g/mol. The average Bonchev–Trinajstić information content (AvgIpc) is 2.44. The quantitative estimate of drug-likeness (QED) is 0.499. The summed E-state index contributed by atoms with van der Waals surface area (Å²) in [5, 5.41) is 3.11. The summed E-state index contributed by atoms with van der Waals surface area (Å²) in [4.78, 5) is 12.3. The number of amides is 1. The molecule has 0 fully saturated rings. The standard InChI is InChI=1S/C15H25N3O/c1-3-5-9-12(8-4-2)17-15(19)13-10-6-7-11-14(13)18-16/h6-7,10-12,18H,3-5,8-9,16H2,1-2H3,(H,17,19). The molecule has 0 bridgehead atoms. The Morgan fingerprint density at radius 3 is 2.58 bits per heavy atom. The average molecular weight is 263 g/mol. The number of benzene rings is 1. The normalized spacial score (nSPS) is 11.9. The van der Waals surface area contributed by atoms with E-state index in [1.54, 1.807) is 12.1 Å². The van der Waals surface area contributed by atoms with E-state index < -0.39 is 0 Å². The third-order valence-electron chi connectivity index (χ3n) is 3.21. The molecule has 0 aliphatic heterocycles. The van der Waals surface area contributed by atoms with Crippen molar-refractivity contribution < 1.29 is 4.79 Å². The van der Waals surface area contributed by atoms with Gasteiger partial charge in [-0.3, -0.25) is 10.6 Å². The van der Waals surface area contributed by atoms with Gasteiger partial charge in [0.25, 0.3) is 5.91 Å². The Morgan fingerprint density at radius 2 is 1.95 bits per heavy atom. The van der Waals surface area contributed by atoms with E-state index in [2.05, 4.69) is 24.6 Å². The van der Waals surface area contributed by atoms with Crippen LogP contribution in [0.2, 0.25) is 0 Å². The minimum atomic E-state index is -0.0527. The lowest BCUT2D eigenvalue weighted by atomic mass is 10.0. The van der Waals surface area contributed by atoms with Crippen molar-refractivity contribution in [2.45, 2.75) is 52.0 Å². The lowest BCUT2D eigenvalue weighted by molar-refractivity contribution is 0.0933. The van der Waals surface area contributed by atoms with Crippen LogP contribution in [0.4, 0.5) is 5.69 Å². The molecule has 0 saturated carbocycles. The van der Waals surface area contributed by atoms with Crippen molar-refractivity contribution >= 4 is 11.6 Å². The van der Waals surface area contributed by atoms with Gasteiger partial charge in [0.2, 0.25) is 0 Å². The van der Waals surface area contributed by atoms with Gasteiger partial charge in [-0.25, -0.2) is 0 Å². The molecule has 1 unspecified atom stereocenters. The number of hydrogen-bond donors (Lipinski definition) is 3. The Balaban J connectivity index is 2.69. The summed E-state index contributed by atoms with van der Waals surface area (Å²) >= 11 is 0. The summed E-state index contributed by atoms with van der Waals surface area (Å²) in [6.07, 6.45) is 5.42. The van der Waals surface area contributed by atoms with Crippen LogP contribution in [-0.2, 0) is 0 Å². The molecular weight excluding hydrogens is 238 g/mol. The number of nitrogen functional groups attached to an aromatic ring is 1. The van der Waals surface area contributed by atoms with Gasteiger partial charge in [-0.05, 0) is 25.0 Å². The highest BCUT2D eigenvalue weighted by Crippen LogP contribution is 2.15. The number of carbonyl (C=O) groups is 1. The minimum Gasteiger partial charge on any atom is -0.349 e. The molecule has 1 amide bonds. The summed E-state index contributed by atoms with van der Waals surface area (Å²) in [6, 6.07) is 7.54. The predicted molar refractivity (Wildman–Crippen MR) is 79.9 cm³/mol. The Hall–Kier alpha value is -1.55. The van der Waals surface area contributed by atoms with E-state index in [0.717, 1.165) is 32.1 Å². The lowest BCUT2D eigenvalue weighted by Gasteiger charge is -2.18. The first-order valence-electron chi connectivity index (χ1n) is 7.09. The van der Waals surface area contributed by atoms with E-state index in [1.165, 1.54) is 0 Å². The van der Waals surface area contributed by atoms with Gasteiger partial charge in [0.05, 0.1) is 11.3 Å². The Labute approximate surface area is 115 Å².